The van der Waals surface area contributed by atoms with Gasteiger partial charge in [-0.2, -0.15) is 0 Å². The molecule has 0 bridgehead atoms. The molecule has 0 amide bonds. The molecule has 134 valence electrons. The zero-order valence-electron chi connectivity index (χ0n) is 15.3. The Labute approximate surface area is 155 Å². The van der Waals surface area contributed by atoms with Crippen molar-refractivity contribution in [2.75, 3.05) is 20.3 Å². The molecular weight excluding hydrogens is 332 g/mol. The van der Waals surface area contributed by atoms with Gasteiger partial charge in [0, 0.05) is 44.9 Å². The minimum absolute atomic E-state index is 0.0525. The summed E-state index contributed by atoms with van der Waals surface area (Å²) in [6.07, 6.45) is 2.78. The van der Waals surface area contributed by atoms with Crippen molar-refractivity contribution >= 4 is 17.3 Å². The number of ether oxygens (including phenoxy) is 1. The van der Waals surface area contributed by atoms with Crippen molar-refractivity contribution < 1.29 is 4.74 Å². The predicted octanol–water partition coefficient (Wildman–Crippen LogP) is 3.05. The summed E-state index contributed by atoms with van der Waals surface area (Å²) in [7, 11) is 3.85. The largest absolute Gasteiger partial charge is 0.385 e. The summed E-state index contributed by atoms with van der Waals surface area (Å²) in [5.41, 5.74) is 4.85. The van der Waals surface area contributed by atoms with Crippen molar-refractivity contribution in [2.45, 2.75) is 32.4 Å². The van der Waals surface area contributed by atoms with Gasteiger partial charge in [-0.15, -0.1) is 0 Å². The van der Waals surface area contributed by atoms with Gasteiger partial charge in [0.05, 0.1) is 17.8 Å². The molecule has 0 saturated carbocycles. The lowest BCUT2D eigenvalue weighted by Crippen LogP contribution is -2.31. The third-order valence-corrected chi connectivity index (χ3v) is 5.43. The maximum absolute atomic E-state index is 5.67. The molecule has 25 heavy (non-hydrogen) atoms. The number of pyridine rings is 1. The van der Waals surface area contributed by atoms with Crippen molar-refractivity contribution in [3.8, 4) is 0 Å². The van der Waals surface area contributed by atoms with Gasteiger partial charge in [-0.25, -0.2) is 0 Å². The first-order chi connectivity index (χ1) is 12.0. The molecule has 1 aliphatic heterocycles. The van der Waals surface area contributed by atoms with Crippen LogP contribution in [0.15, 0.2) is 30.5 Å². The highest BCUT2D eigenvalue weighted by molar-refractivity contribution is 7.80. The second kappa shape index (κ2) is 7.54. The van der Waals surface area contributed by atoms with Crippen LogP contribution in [0.25, 0.3) is 0 Å². The first-order valence-electron chi connectivity index (χ1n) is 8.64. The number of thiocarbonyl (C=S) groups is 1. The third-order valence-electron chi connectivity index (χ3n) is 5.08. The number of nitrogens with zero attached hydrogens (tertiary/aromatic N) is 3. The fourth-order valence-corrected chi connectivity index (χ4v) is 3.88. The van der Waals surface area contributed by atoms with E-state index >= 15 is 0 Å². The van der Waals surface area contributed by atoms with E-state index in [1.807, 2.05) is 18.3 Å². The van der Waals surface area contributed by atoms with Gasteiger partial charge in [0.2, 0.25) is 0 Å². The lowest BCUT2D eigenvalue weighted by Gasteiger charge is -2.28. The van der Waals surface area contributed by atoms with E-state index in [-0.39, 0.29) is 12.1 Å². The smallest absolute Gasteiger partial charge is 0.170 e. The van der Waals surface area contributed by atoms with Crippen LogP contribution in [0.2, 0.25) is 0 Å². The summed E-state index contributed by atoms with van der Waals surface area (Å²) in [6.45, 7) is 5.91. The van der Waals surface area contributed by atoms with Gasteiger partial charge < -0.3 is 19.5 Å². The zero-order chi connectivity index (χ0) is 18.0. The first-order valence-corrected chi connectivity index (χ1v) is 9.05. The highest BCUT2D eigenvalue weighted by atomic mass is 32.1. The van der Waals surface area contributed by atoms with Crippen LogP contribution >= 0.6 is 12.2 Å². The molecule has 0 aliphatic carbocycles. The van der Waals surface area contributed by atoms with Crippen molar-refractivity contribution in [2.24, 2.45) is 7.05 Å². The van der Waals surface area contributed by atoms with Crippen LogP contribution in [0.5, 0.6) is 0 Å². The Hall–Kier alpha value is -1.92. The van der Waals surface area contributed by atoms with Gasteiger partial charge in [-0.05, 0) is 56.2 Å². The minimum atomic E-state index is 0.0525. The Kier molecular flexibility index (Phi) is 5.39. The van der Waals surface area contributed by atoms with E-state index in [1.54, 1.807) is 7.11 Å². The number of rotatable bonds is 6. The summed E-state index contributed by atoms with van der Waals surface area (Å²) < 4.78 is 7.47. The summed E-state index contributed by atoms with van der Waals surface area (Å²) in [5, 5.41) is 4.29. The van der Waals surface area contributed by atoms with Crippen molar-refractivity contribution in [1.29, 1.82) is 0 Å². The normalized spacial score (nSPS) is 20.2. The SMILES string of the molecule is COCCCN1C(=S)N[C@H](c2ccccn2)[C@H]1c1cc(C)n(C)c1C. The fraction of sp³-hybridized carbons (Fsp3) is 0.474. The molecule has 2 aromatic heterocycles. The van der Waals surface area contributed by atoms with Gasteiger partial charge >= 0.3 is 0 Å². The molecule has 0 aromatic carbocycles. The second-order valence-electron chi connectivity index (χ2n) is 6.55. The summed E-state index contributed by atoms with van der Waals surface area (Å²) in [4.78, 5) is 6.87. The van der Waals surface area contributed by atoms with Crippen LogP contribution in [-0.4, -0.2) is 39.8 Å². The molecule has 5 nitrogen and oxygen atoms in total. The highest BCUT2D eigenvalue weighted by Crippen LogP contribution is 2.40. The number of hydrogen-bond donors (Lipinski definition) is 1. The van der Waals surface area contributed by atoms with Crippen molar-refractivity contribution in [3.05, 3.63) is 53.1 Å². The van der Waals surface area contributed by atoms with Crippen LogP contribution < -0.4 is 5.32 Å². The number of aryl methyl sites for hydroxylation is 1. The Bertz CT molecular complexity index is 743. The lowest BCUT2D eigenvalue weighted by atomic mass is 9.96. The standard InChI is InChI=1S/C19H26N4OS/c1-13-12-15(14(2)22(13)3)18-17(16-8-5-6-9-20-16)21-19(25)23(18)10-7-11-24-4/h5-6,8-9,12,17-18H,7,10-11H2,1-4H3,(H,21,25)/t17-,18-/m1/s1. The van der Waals surface area contributed by atoms with E-state index in [0.717, 1.165) is 30.4 Å². The van der Waals surface area contributed by atoms with Gasteiger partial charge in [0.1, 0.15) is 0 Å². The molecule has 1 fully saturated rings. The summed E-state index contributed by atoms with van der Waals surface area (Å²) >= 11 is 5.67. The van der Waals surface area contributed by atoms with E-state index in [1.165, 1.54) is 17.0 Å². The molecule has 2 aromatic rings. The molecule has 3 rings (SSSR count). The van der Waals surface area contributed by atoms with E-state index in [4.69, 9.17) is 17.0 Å². The average molecular weight is 359 g/mol. The lowest BCUT2D eigenvalue weighted by molar-refractivity contribution is 0.180. The Morgan fingerprint density at radius 1 is 1.32 bits per heavy atom. The summed E-state index contributed by atoms with van der Waals surface area (Å²) in [6, 6.07) is 8.50. The topological polar surface area (TPSA) is 42.3 Å². The average Bonchev–Trinajstić information content (AvgIpc) is 3.07. The van der Waals surface area contributed by atoms with Crippen LogP contribution in [0.4, 0.5) is 0 Å². The molecule has 2 atom stereocenters. The van der Waals surface area contributed by atoms with Crippen LogP contribution in [0.3, 0.4) is 0 Å². The Morgan fingerprint density at radius 3 is 2.72 bits per heavy atom. The van der Waals surface area contributed by atoms with Crippen LogP contribution in [-0.2, 0) is 11.8 Å². The Morgan fingerprint density at radius 2 is 2.12 bits per heavy atom. The molecule has 1 N–H and O–H groups in total. The quantitative estimate of drug-likeness (QED) is 0.635. The van der Waals surface area contributed by atoms with E-state index < -0.39 is 0 Å². The van der Waals surface area contributed by atoms with Crippen LogP contribution in [0, 0.1) is 13.8 Å². The molecule has 0 spiro atoms. The molecule has 1 aliphatic rings. The number of aromatic nitrogens is 2. The molecule has 6 heteroatoms. The third kappa shape index (κ3) is 3.41. The second-order valence-corrected chi connectivity index (χ2v) is 6.94. The molecular formula is C19H26N4OS. The van der Waals surface area contributed by atoms with Gasteiger partial charge in [-0.1, -0.05) is 6.07 Å². The van der Waals surface area contributed by atoms with Crippen LogP contribution in [0.1, 0.15) is 41.1 Å². The number of hydrogen-bond acceptors (Lipinski definition) is 3. The number of nitrogens with one attached hydrogen (secondary N) is 1. The Balaban J connectivity index is 2.00. The van der Waals surface area contributed by atoms with E-state index in [0.29, 0.717) is 0 Å². The van der Waals surface area contributed by atoms with Gasteiger partial charge in [0.25, 0.3) is 0 Å². The zero-order valence-corrected chi connectivity index (χ0v) is 16.1. The maximum Gasteiger partial charge on any atom is 0.170 e. The fourth-order valence-electron chi connectivity index (χ4n) is 3.55. The van der Waals surface area contributed by atoms with E-state index in [2.05, 4.69) is 52.8 Å². The molecule has 1 saturated heterocycles. The summed E-state index contributed by atoms with van der Waals surface area (Å²) in [5.74, 6) is 0. The molecule has 3 heterocycles. The van der Waals surface area contributed by atoms with Crippen molar-refractivity contribution in [1.82, 2.24) is 19.8 Å². The van der Waals surface area contributed by atoms with E-state index in [9.17, 15) is 0 Å². The van der Waals surface area contributed by atoms with Gasteiger partial charge in [-0.3, -0.25) is 4.98 Å². The highest BCUT2D eigenvalue weighted by Gasteiger charge is 2.40. The van der Waals surface area contributed by atoms with Gasteiger partial charge in [0.15, 0.2) is 5.11 Å². The first kappa shape index (κ1) is 17.9. The predicted molar refractivity (Wildman–Crippen MR) is 104 cm³/mol. The number of methoxy groups -OCH3 is 1. The monoisotopic (exact) mass is 358 g/mol. The minimum Gasteiger partial charge on any atom is -0.385 e. The van der Waals surface area contributed by atoms with Crippen molar-refractivity contribution in [3.63, 3.8) is 0 Å². The molecule has 0 radical (unpaired) electrons. The maximum atomic E-state index is 5.67. The molecule has 0 unspecified atom stereocenters.